The molecule has 128 valence electrons. The molecule has 0 bridgehead atoms. The fraction of sp³-hybridized carbons (Fsp3) is 0.0714. The molecule has 4 rings (SSSR count). The van der Waals surface area contributed by atoms with Crippen LogP contribution in [0.25, 0.3) is 21.8 Å². The second-order valence-electron chi connectivity index (χ2n) is 4.62. The van der Waals surface area contributed by atoms with Crippen LogP contribution in [0.1, 0.15) is 10.5 Å². The highest BCUT2D eigenvalue weighted by atomic mass is 127. The number of aromatic amines is 2. The quantitative estimate of drug-likeness (QED) is 0.239. The van der Waals surface area contributed by atoms with Gasteiger partial charge in [0.05, 0.1) is 28.9 Å². The van der Waals surface area contributed by atoms with Crippen LogP contribution in [0.4, 0.5) is 0 Å². The van der Waals surface area contributed by atoms with E-state index >= 15 is 0 Å². The first kappa shape index (κ1) is 17.8. The maximum absolute atomic E-state index is 11.2. The SMILES string of the molecule is COC(=O)c1n[nH]c2ccnc(Cl)c12.Clc1nccc2n[nH]c(I)c12. The van der Waals surface area contributed by atoms with Crippen LogP contribution in [0.2, 0.25) is 10.3 Å². The van der Waals surface area contributed by atoms with Gasteiger partial charge in [-0.25, -0.2) is 14.8 Å². The van der Waals surface area contributed by atoms with Crippen LogP contribution in [-0.4, -0.2) is 43.4 Å². The second kappa shape index (κ2) is 7.50. The molecular formula is C14H9Cl2IN6O2. The molecule has 0 aromatic carbocycles. The predicted molar refractivity (Wildman–Crippen MR) is 102 cm³/mol. The van der Waals surface area contributed by atoms with Crippen molar-refractivity contribution in [2.75, 3.05) is 7.11 Å². The number of hydrogen-bond acceptors (Lipinski definition) is 6. The van der Waals surface area contributed by atoms with E-state index in [1.165, 1.54) is 13.3 Å². The number of nitrogens with zero attached hydrogens (tertiary/aromatic N) is 4. The molecule has 0 radical (unpaired) electrons. The van der Waals surface area contributed by atoms with Crippen LogP contribution in [-0.2, 0) is 4.74 Å². The van der Waals surface area contributed by atoms with Crippen LogP contribution in [0, 0.1) is 3.70 Å². The summed E-state index contributed by atoms with van der Waals surface area (Å²) in [5.74, 6) is -0.536. The molecule has 0 saturated carbocycles. The molecule has 0 amide bonds. The zero-order chi connectivity index (χ0) is 18.0. The fourth-order valence-corrected chi connectivity index (χ4v) is 3.37. The van der Waals surface area contributed by atoms with Gasteiger partial charge in [-0.2, -0.15) is 10.2 Å². The summed E-state index contributed by atoms with van der Waals surface area (Å²) in [5.41, 5.74) is 1.67. The summed E-state index contributed by atoms with van der Waals surface area (Å²) in [6.07, 6.45) is 3.17. The lowest BCUT2D eigenvalue weighted by Crippen LogP contribution is -2.02. The summed E-state index contributed by atoms with van der Waals surface area (Å²) in [6, 6.07) is 3.50. The highest BCUT2D eigenvalue weighted by molar-refractivity contribution is 14.1. The standard InChI is InChI=1S/C8H6ClN3O2.C6H3ClIN3/c1-14-8(13)6-5-4(11-12-6)2-3-10-7(5)9;7-5-4-3(1-2-9-5)10-11-6(4)8/h2-3H,1H3,(H,11,12);1-2H,(H,10,11). The molecule has 11 heteroatoms. The number of esters is 1. The van der Waals surface area contributed by atoms with E-state index in [1.807, 2.05) is 6.07 Å². The number of halogens is 3. The Balaban J connectivity index is 0.000000150. The van der Waals surface area contributed by atoms with Gasteiger partial charge in [-0.3, -0.25) is 10.2 Å². The molecule has 25 heavy (non-hydrogen) atoms. The van der Waals surface area contributed by atoms with E-state index in [9.17, 15) is 4.79 Å². The van der Waals surface area contributed by atoms with E-state index in [1.54, 1.807) is 12.3 Å². The third-order valence-corrected chi connectivity index (χ3v) is 4.54. The van der Waals surface area contributed by atoms with Crippen LogP contribution in [0.3, 0.4) is 0 Å². The van der Waals surface area contributed by atoms with Gasteiger partial charge in [0, 0.05) is 12.4 Å². The molecule has 4 aromatic heterocycles. The van der Waals surface area contributed by atoms with E-state index in [4.69, 9.17) is 23.2 Å². The third-order valence-electron chi connectivity index (χ3n) is 3.19. The van der Waals surface area contributed by atoms with Crippen molar-refractivity contribution >= 4 is 73.6 Å². The molecule has 4 aromatic rings. The highest BCUT2D eigenvalue weighted by Crippen LogP contribution is 2.23. The van der Waals surface area contributed by atoms with Crippen molar-refractivity contribution in [1.82, 2.24) is 30.4 Å². The van der Waals surface area contributed by atoms with Crippen molar-refractivity contribution in [2.45, 2.75) is 0 Å². The van der Waals surface area contributed by atoms with Gasteiger partial charge in [0.1, 0.15) is 14.0 Å². The number of H-pyrrole nitrogens is 2. The van der Waals surface area contributed by atoms with Crippen molar-refractivity contribution in [3.63, 3.8) is 0 Å². The zero-order valence-electron chi connectivity index (χ0n) is 12.5. The summed E-state index contributed by atoms with van der Waals surface area (Å²) in [6.45, 7) is 0. The van der Waals surface area contributed by atoms with Crippen molar-refractivity contribution in [3.8, 4) is 0 Å². The minimum absolute atomic E-state index is 0.153. The van der Waals surface area contributed by atoms with Gasteiger partial charge in [0.15, 0.2) is 5.69 Å². The Hall–Kier alpha value is -1.98. The predicted octanol–water partition coefficient (Wildman–Crippen LogP) is 3.61. The first-order chi connectivity index (χ1) is 12.0. The molecule has 0 fully saturated rings. The van der Waals surface area contributed by atoms with Gasteiger partial charge in [0.25, 0.3) is 0 Å². The Morgan fingerprint density at radius 3 is 2.44 bits per heavy atom. The summed E-state index contributed by atoms with van der Waals surface area (Å²) in [4.78, 5) is 19.0. The van der Waals surface area contributed by atoms with E-state index in [2.05, 4.69) is 57.7 Å². The van der Waals surface area contributed by atoms with Gasteiger partial charge in [-0.1, -0.05) is 23.2 Å². The van der Waals surface area contributed by atoms with Crippen LogP contribution < -0.4 is 0 Å². The van der Waals surface area contributed by atoms with Gasteiger partial charge in [0.2, 0.25) is 0 Å². The first-order valence-electron chi connectivity index (χ1n) is 6.74. The first-order valence-corrected chi connectivity index (χ1v) is 8.57. The molecule has 0 aliphatic carbocycles. The molecule has 0 aliphatic rings. The van der Waals surface area contributed by atoms with Gasteiger partial charge in [-0.15, -0.1) is 0 Å². The van der Waals surface area contributed by atoms with Crippen LogP contribution in [0.15, 0.2) is 24.5 Å². The molecule has 0 unspecified atom stereocenters. The number of nitrogens with one attached hydrogen (secondary N) is 2. The number of carbonyl (C=O) groups excluding carboxylic acids is 1. The molecule has 0 spiro atoms. The maximum atomic E-state index is 11.2. The summed E-state index contributed by atoms with van der Waals surface area (Å²) in [7, 11) is 1.28. The normalized spacial score (nSPS) is 10.6. The van der Waals surface area contributed by atoms with E-state index in [-0.39, 0.29) is 10.8 Å². The Labute approximate surface area is 164 Å². The van der Waals surface area contributed by atoms with Crippen molar-refractivity contribution in [3.05, 3.63) is 44.2 Å². The number of ether oxygens (including phenoxy) is 1. The van der Waals surface area contributed by atoms with E-state index in [0.717, 1.165) is 14.6 Å². The Kier molecular flexibility index (Phi) is 5.35. The molecule has 4 heterocycles. The Morgan fingerprint density at radius 2 is 1.76 bits per heavy atom. The summed E-state index contributed by atoms with van der Waals surface area (Å²) in [5, 5.41) is 15.4. The van der Waals surface area contributed by atoms with Crippen molar-refractivity contribution < 1.29 is 9.53 Å². The zero-order valence-corrected chi connectivity index (χ0v) is 16.2. The number of hydrogen-bond donors (Lipinski definition) is 2. The minimum atomic E-state index is -0.536. The highest BCUT2D eigenvalue weighted by Gasteiger charge is 2.17. The largest absolute Gasteiger partial charge is 0.464 e. The lowest BCUT2D eigenvalue weighted by molar-refractivity contribution is 0.0596. The number of aromatic nitrogens is 6. The number of fused-ring (bicyclic) bond motifs is 2. The summed E-state index contributed by atoms with van der Waals surface area (Å²) >= 11 is 13.8. The smallest absolute Gasteiger partial charge is 0.359 e. The maximum Gasteiger partial charge on any atom is 0.359 e. The van der Waals surface area contributed by atoms with Gasteiger partial charge < -0.3 is 4.74 Å². The fourth-order valence-electron chi connectivity index (χ4n) is 2.06. The third kappa shape index (κ3) is 3.53. The average Bonchev–Trinajstić information content (AvgIpc) is 3.21. The minimum Gasteiger partial charge on any atom is -0.464 e. The number of rotatable bonds is 1. The van der Waals surface area contributed by atoms with Crippen molar-refractivity contribution in [2.24, 2.45) is 0 Å². The lowest BCUT2D eigenvalue weighted by atomic mass is 10.2. The van der Waals surface area contributed by atoms with E-state index < -0.39 is 5.97 Å². The molecule has 0 atom stereocenters. The van der Waals surface area contributed by atoms with Gasteiger partial charge in [-0.05, 0) is 34.7 Å². The van der Waals surface area contributed by atoms with Gasteiger partial charge >= 0.3 is 5.97 Å². The molecule has 2 N–H and O–H groups in total. The van der Waals surface area contributed by atoms with Crippen molar-refractivity contribution in [1.29, 1.82) is 0 Å². The number of carbonyl (C=O) groups is 1. The Morgan fingerprint density at radius 1 is 1.08 bits per heavy atom. The number of methoxy groups -OCH3 is 1. The Bertz CT molecular complexity index is 1060. The topological polar surface area (TPSA) is 109 Å². The summed E-state index contributed by atoms with van der Waals surface area (Å²) < 4.78 is 5.48. The second-order valence-corrected chi connectivity index (χ2v) is 6.42. The molecule has 0 aliphatic heterocycles. The molecule has 8 nitrogen and oxygen atoms in total. The molecule has 0 saturated heterocycles. The number of pyridine rings is 2. The average molecular weight is 491 g/mol. The molecular weight excluding hydrogens is 482 g/mol. The lowest BCUT2D eigenvalue weighted by Gasteiger charge is -1.95. The van der Waals surface area contributed by atoms with E-state index in [0.29, 0.717) is 16.1 Å². The monoisotopic (exact) mass is 490 g/mol. The van der Waals surface area contributed by atoms with Crippen LogP contribution in [0.5, 0.6) is 0 Å². The van der Waals surface area contributed by atoms with Crippen LogP contribution >= 0.6 is 45.8 Å².